The van der Waals surface area contributed by atoms with E-state index in [1.807, 2.05) is 45.3 Å². The van der Waals surface area contributed by atoms with Crippen LogP contribution in [0.4, 0.5) is 11.4 Å². The first kappa shape index (κ1) is 17.1. The summed E-state index contributed by atoms with van der Waals surface area (Å²) in [5.74, 6) is 0. The third-order valence-electron chi connectivity index (χ3n) is 4.29. The summed E-state index contributed by atoms with van der Waals surface area (Å²) in [5.41, 5.74) is 3.35. The molecule has 1 N–H and O–H groups in total. The number of nitro benzene ring substituents is 1. The summed E-state index contributed by atoms with van der Waals surface area (Å²) in [5, 5.41) is 16.5. The summed E-state index contributed by atoms with van der Waals surface area (Å²) in [7, 11) is 4.07. The number of pyridine rings is 1. The van der Waals surface area contributed by atoms with E-state index in [0.29, 0.717) is 10.9 Å². The minimum Gasteiger partial charge on any atom is -0.384 e. The summed E-state index contributed by atoms with van der Waals surface area (Å²) >= 11 is 0. The van der Waals surface area contributed by atoms with Gasteiger partial charge in [0.05, 0.1) is 21.6 Å². The van der Waals surface area contributed by atoms with E-state index >= 15 is 0 Å². The number of aryl methyl sites for hydroxylation is 1. The van der Waals surface area contributed by atoms with Gasteiger partial charge in [0.2, 0.25) is 0 Å². The predicted molar refractivity (Wildman–Crippen MR) is 102 cm³/mol. The zero-order valence-electron chi connectivity index (χ0n) is 14.7. The first-order chi connectivity index (χ1) is 12.0. The number of non-ortho nitro benzene ring substituents is 1. The average molecular weight is 338 g/mol. The van der Waals surface area contributed by atoms with Crippen LogP contribution in [0, 0.1) is 17.0 Å². The van der Waals surface area contributed by atoms with Crippen molar-refractivity contribution in [3.05, 3.63) is 52.1 Å². The monoisotopic (exact) mass is 338 g/mol. The largest absolute Gasteiger partial charge is 0.384 e. The molecule has 0 radical (unpaired) electrons. The number of aromatic nitrogens is 1. The molecular formula is C19H22N4O2. The molecule has 2 aromatic carbocycles. The molecule has 0 aliphatic heterocycles. The zero-order valence-corrected chi connectivity index (χ0v) is 14.7. The molecule has 0 unspecified atom stereocenters. The number of nitrogens with zero attached hydrogens (tertiary/aromatic N) is 3. The summed E-state index contributed by atoms with van der Waals surface area (Å²) in [6.45, 7) is 3.63. The molecule has 0 aliphatic rings. The van der Waals surface area contributed by atoms with Gasteiger partial charge in [0.1, 0.15) is 5.39 Å². The lowest BCUT2D eigenvalue weighted by Crippen LogP contribution is -2.16. The van der Waals surface area contributed by atoms with Gasteiger partial charge in [0.15, 0.2) is 0 Å². The second kappa shape index (κ2) is 7.03. The minimum atomic E-state index is -0.330. The number of fused-ring (bicyclic) bond motifs is 2. The summed E-state index contributed by atoms with van der Waals surface area (Å²) in [4.78, 5) is 18.1. The maximum Gasteiger partial charge on any atom is 0.280 e. The van der Waals surface area contributed by atoms with Crippen LogP contribution in [0.5, 0.6) is 0 Å². The third kappa shape index (κ3) is 3.39. The number of anilines is 1. The number of nitrogens with one attached hydrogen (secondary N) is 1. The SMILES string of the molecule is Cc1ccc([N+](=O)[O-])c2c(NCCCN(C)C)c3ccccc3nc12. The van der Waals surface area contributed by atoms with Gasteiger partial charge in [-0.2, -0.15) is 0 Å². The molecule has 0 spiro atoms. The topological polar surface area (TPSA) is 71.3 Å². The summed E-state index contributed by atoms with van der Waals surface area (Å²) in [6.07, 6.45) is 0.949. The highest BCUT2D eigenvalue weighted by Crippen LogP contribution is 2.37. The molecule has 0 fully saturated rings. The molecule has 3 aromatic rings. The van der Waals surface area contributed by atoms with Crippen molar-refractivity contribution in [1.29, 1.82) is 0 Å². The molecular weight excluding hydrogens is 316 g/mol. The Morgan fingerprint density at radius 1 is 1.20 bits per heavy atom. The van der Waals surface area contributed by atoms with Crippen molar-refractivity contribution >= 4 is 33.2 Å². The lowest BCUT2D eigenvalue weighted by atomic mass is 10.0. The Morgan fingerprint density at radius 2 is 1.96 bits per heavy atom. The minimum absolute atomic E-state index is 0.0916. The fraction of sp³-hybridized carbons (Fsp3) is 0.316. The molecule has 3 rings (SSSR count). The van der Waals surface area contributed by atoms with Crippen LogP contribution in [-0.4, -0.2) is 42.0 Å². The lowest BCUT2D eigenvalue weighted by molar-refractivity contribution is -0.383. The molecule has 0 atom stereocenters. The highest BCUT2D eigenvalue weighted by molar-refractivity contribution is 6.11. The Morgan fingerprint density at radius 3 is 2.68 bits per heavy atom. The molecule has 130 valence electrons. The van der Waals surface area contributed by atoms with Gasteiger partial charge in [-0.05, 0) is 45.6 Å². The second-order valence-corrected chi connectivity index (χ2v) is 6.47. The maximum absolute atomic E-state index is 11.6. The Labute approximate surface area is 146 Å². The molecule has 25 heavy (non-hydrogen) atoms. The highest BCUT2D eigenvalue weighted by atomic mass is 16.6. The van der Waals surface area contributed by atoms with Crippen molar-refractivity contribution in [2.45, 2.75) is 13.3 Å². The Hall–Kier alpha value is -2.73. The van der Waals surface area contributed by atoms with Crippen LogP contribution in [-0.2, 0) is 0 Å². The number of para-hydroxylation sites is 1. The number of nitro groups is 1. The molecule has 1 heterocycles. The number of rotatable bonds is 6. The number of benzene rings is 2. The Kier molecular flexibility index (Phi) is 4.81. The summed E-state index contributed by atoms with van der Waals surface area (Å²) in [6, 6.07) is 11.1. The zero-order chi connectivity index (χ0) is 18.0. The van der Waals surface area contributed by atoms with E-state index in [0.717, 1.165) is 41.7 Å². The van der Waals surface area contributed by atoms with Crippen LogP contribution >= 0.6 is 0 Å². The second-order valence-electron chi connectivity index (χ2n) is 6.47. The summed E-state index contributed by atoms with van der Waals surface area (Å²) < 4.78 is 0. The molecule has 0 saturated heterocycles. The van der Waals surface area contributed by atoms with E-state index in [1.165, 1.54) is 0 Å². The van der Waals surface area contributed by atoms with E-state index in [4.69, 9.17) is 0 Å². The van der Waals surface area contributed by atoms with Crippen LogP contribution < -0.4 is 5.32 Å². The lowest BCUT2D eigenvalue weighted by Gasteiger charge is -2.15. The van der Waals surface area contributed by atoms with Crippen molar-refractivity contribution in [2.75, 3.05) is 32.5 Å². The molecule has 6 nitrogen and oxygen atoms in total. The first-order valence-electron chi connectivity index (χ1n) is 8.34. The Balaban J connectivity index is 2.20. The molecule has 0 bridgehead atoms. The molecule has 0 saturated carbocycles. The van der Waals surface area contributed by atoms with Crippen molar-refractivity contribution in [3.8, 4) is 0 Å². The van der Waals surface area contributed by atoms with Crippen LogP contribution in [0.1, 0.15) is 12.0 Å². The number of hydrogen-bond acceptors (Lipinski definition) is 5. The fourth-order valence-electron chi connectivity index (χ4n) is 3.06. The van der Waals surface area contributed by atoms with Crippen LogP contribution in [0.15, 0.2) is 36.4 Å². The maximum atomic E-state index is 11.6. The molecule has 1 aromatic heterocycles. The van der Waals surface area contributed by atoms with Gasteiger partial charge in [-0.3, -0.25) is 10.1 Å². The third-order valence-corrected chi connectivity index (χ3v) is 4.29. The predicted octanol–water partition coefficient (Wildman–Crippen LogP) is 3.97. The van der Waals surface area contributed by atoms with Gasteiger partial charge in [0, 0.05) is 18.0 Å². The van der Waals surface area contributed by atoms with Gasteiger partial charge in [0.25, 0.3) is 5.69 Å². The van der Waals surface area contributed by atoms with E-state index in [-0.39, 0.29) is 10.6 Å². The van der Waals surface area contributed by atoms with Gasteiger partial charge in [-0.1, -0.05) is 24.3 Å². The number of hydrogen-bond donors (Lipinski definition) is 1. The van der Waals surface area contributed by atoms with Crippen LogP contribution in [0.25, 0.3) is 21.8 Å². The standard InChI is InChI=1S/C19H22N4O2/c1-13-9-10-16(23(24)25)17-18(13)21-15-8-5-4-7-14(15)19(17)20-11-6-12-22(2)3/h4-5,7-10H,6,11-12H2,1-3H3,(H,20,21). The average Bonchev–Trinajstić information content (AvgIpc) is 2.58. The van der Waals surface area contributed by atoms with Crippen LogP contribution in [0.2, 0.25) is 0 Å². The van der Waals surface area contributed by atoms with Gasteiger partial charge in [-0.15, -0.1) is 0 Å². The fourth-order valence-corrected chi connectivity index (χ4v) is 3.06. The normalized spacial score (nSPS) is 11.4. The van der Waals surface area contributed by atoms with E-state index in [9.17, 15) is 10.1 Å². The van der Waals surface area contributed by atoms with Crippen molar-refractivity contribution < 1.29 is 4.92 Å². The van der Waals surface area contributed by atoms with Gasteiger partial charge >= 0.3 is 0 Å². The molecule has 0 aliphatic carbocycles. The van der Waals surface area contributed by atoms with Gasteiger partial charge < -0.3 is 10.2 Å². The first-order valence-corrected chi connectivity index (χ1v) is 8.34. The van der Waals surface area contributed by atoms with E-state index < -0.39 is 0 Å². The van der Waals surface area contributed by atoms with Crippen molar-refractivity contribution in [2.24, 2.45) is 0 Å². The van der Waals surface area contributed by atoms with Crippen molar-refractivity contribution in [3.63, 3.8) is 0 Å². The van der Waals surface area contributed by atoms with E-state index in [1.54, 1.807) is 12.1 Å². The van der Waals surface area contributed by atoms with Gasteiger partial charge in [-0.25, -0.2) is 4.98 Å². The smallest absolute Gasteiger partial charge is 0.280 e. The molecule has 6 heteroatoms. The Bertz CT molecular complexity index is 937. The highest BCUT2D eigenvalue weighted by Gasteiger charge is 2.20. The molecule has 0 amide bonds. The quantitative estimate of drug-likeness (QED) is 0.319. The van der Waals surface area contributed by atoms with Crippen molar-refractivity contribution in [1.82, 2.24) is 9.88 Å². The van der Waals surface area contributed by atoms with E-state index in [2.05, 4.69) is 15.2 Å². The van der Waals surface area contributed by atoms with Crippen LogP contribution in [0.3, 0.4) is 0 Å².